The van der Waals surface area contributed by atoms with Gasteiger partial charge >= 0.3 is 0 Å². The van der Waals surface area contributed by atoms with Crippen LogP contribution in [0.25, 0.3) is 0 Å². The Kier molecular flexibility index (Phi) is 5.69. The predicted molar refractivity (Wildman–Crippen MR) is 114 cm³/mol. The molecule has 2 aromatic rings. The summed E-state index contributed by atoms with van der Waals surface area (Å²) in [5.41, 5.74) is 3.22. The summed E-state index contributed by atoms with van der Waals surface area (Å²) < 4.78 is 0. The van der Waals surface area contributed by atoms with Crippen LogP contribution in [0.4, 0.5) is 11.5 Å². The first-order chi connectivity index (χ1) is 13.3. The van der Waals surface area contributed by atoms with Crippen molar-refractivity contribution in [2.75, 3.05) is 17.4 Å². The minimum atomic E-state index is -0.554. The minimum absolute atomic E-state index is 0.263. The summed E-state index contributed by atoms with van der Waals surface area (Å²) in [6, 6.07) is 6.46. The molecule has 2 heterocycles. The number of amides is 2. The highest BCUT2D eigenvalue weighted by atomic mass is 35.5. The number of hydrogen-bond acceptors (Lipinski definition) is 5. The summed E-state index contributed by atoms with van der Waals surface area (Å²) in [5.74, 6) is 0.0530. The van der Waals surface area contributed by atoms with Crippen molar-refractivity contribution in [3.05, 3.63) is 52.2 Å². The average molecular weight is 398 g/mol. The van der Waals surface area contributed by atoms with Crippen LogP contribution in [0.5, 0.6) is 0 Å². The number of aromatic nitrogens is 1. The molecule has 0 bridgehead atoms. The number of nitrogens with zero attached hydrogens (tertiary/aromatic N) is 3. The van der Waals surface area contributed by atoms with Crippen molar-refractivity contribution in [3.63, 3.8) is 0 Å². The van der Waals surface area contributed by atoms with Gasteiger partial charge in [-0.1, -0.05) is 17.7 Å². The predicted octanol–water partition coefficient (Wildman–Crippen LogP) is 1.88. The molecule has 7 nitrogen and oxygen atoms in total. The Morgan fingerprint density at radius 3 is 2.71 bits per heavy atom. The lowest BCUT2D eigenvalue weighted by molar-refractivity contribution is -0.117. The largest absolute Gasteiger partial charge is 0.355 e. The van der Waals surface area contributed by atoms with Crippen LogP contribution in [0.15, 0.2) is 35.6 Å². The topological polar surface area (TPSA) is 86.7 Å². The molecule has 0 aliphatic carbocycles. The van der Waals surface area contributed by atoms with E-state index in [1.54, 1.807) is 30.3 Å². The molecule has 1 aliphatic heterocycles. The van der Waals surface area contributed by atoms with E-state index in [0.717, 1.165) is 11.2 Å². The number of halogens is 1. The van der Waals surface area contributed by atoms with Gasteiger partial charge in [-0.2, -0.15) is 5.10 Å². The SMILES string of the molecule is BC1=NN(c2ncccc2C)C(C(=O)Nc2c(C)cc(Cl)cc2C(=O)NC)C1. The van der Waals surface area contributed by atoms with E-state index in [1.807, 2.05) is 26.9 Å². The molecule has 0 saturated heterocycles. The second-order valence-corrected chi connectivity index (χ2v) is 7.19. The zero-order chi connectivity index (χ0) is 20.4. The minimum Gasteiger partial charge on any atom is -0.355 e. The Bertz CT molecular complexity index is 979. The van der Waals surface area contributed by atoms with Gasteiger partial charge in [0.05, 0.1) is 11.3 Å². The van der Waals surface area contributed by atoms with Gasteiger partial charge in [-0.25, -0.2) is 9.99 Å². The molecule has 1 atom stereocenters. The van der Waals surface area contributed by atoms with Crippen LogP contribution in [0, 0.1) is 13.8 Å². The van der Waals surface area contributed by atoms with Crippen LogP contribution in [-0.2, 0) is 4.79 Å². The van der Waals surface area contributed by atoms with Crippen LogP contribution in [-0.4, -0.2) is 43.3 Å². The molecule has 1 aliphatic rings. The molecule has 3 rings (SSSR count). The van der Waals surface area contributed by atoms with Gasteiger partial charge in [0.1, 0.15) is 6.04 Å². The summed E-state index contributed by atoms with van der Waals surface area (Å²) in [4.78, 5) is 29.8. The fourth-order valence-electron chi connectivity index (χ4n) is 3.21. The van der Waals surface area contributed by atoms with Crippen LogP contribution in [0.3, 0.4) is 0 Å². The first-order valence-electron chi connectivity index (χ1n) is 8.89. The molecule has 0 radical (unpaired) electrons. The summed E-state index contributed by atoms with van der Waals surface area (Å²) in [6.07, 6.45) is 2.15. The van der Waals surface area contributed by atoms with Gasteiger partial charge in [0, 0.05) is 24.7 Å². The molecule has 0 fully saturated rings. The Labute approximate surface area is 169 Å². The number of carbonyl (C=O) groups excluding carboxylic acids is 2. The highest BCUT2D eigenvalue weighted by Crippen LogP contribution is 2.29. The number of rotatable bonds is 4. The second kappa shape index (κ2) is 8.02. The van der Waals surface area contributed by atoms with Gasteiger partial charge in [-0.15, -0.1) is 0 Å². The van der Waals surface area contributed by atoms with Crippen molar-refractivity contribution in [1.29, 1.82) is 0 Å². The van der Waals surface area contributed by atoms with Crippen molar-refractivity contribution in [3.8, 4) is 0 Å². The van der Waals surface area contributed by atoms with E-state index in [1.165, 1.54) is 7.05 Å². The Balaban J connectivity index is 1.93. The van der Waals surface area contributed by atoms with E-state index < -0.39 is 6.04 Å². The van der Waals surface area contributed by atoms with Gasteiger partial charge in [0.2, 0.25) is 5.91 Å². The smallest absolute Gasteiger partial charge is 0.253 e. The van der Waals surface area contributed by atoms with Crippen molar-refractivity contribution in [2.24, 2.45) is 5.10 Å². The molecule has 0 saturated carbocycles. The summed E-state index contributed by atoms with van der Waals surface area (Å²) in [7, 11) is 3.41. The maximum Gasteiger partial charge on any atom is 0.253 e. The fourth-order valence-corrected chi connectivity index (χ4v) is 3.48. The summed E-state index contributed by atoms with van der Waals surface area (Å²) >= 11 is 6.10. The molecule has 9 heteroatoms. The van der Waals surface area contributed by atoms with E-state index in [4.69, 9.17) is 11.6 Å². The van der Waals surface area contributed by atoms with Crippen LogP contribution in [0.2, 0.25) is 5.02 Å². The fraction of sp³-hybridized carbons (Fsp3) is 0.263. The second-order valence-electron chi connectivity index (χ2n) is 6.76. The first-order valence-corrected chi connectivity index (χ1v) is 9.27. The highest BCUT2D eigenvalue weighted by Gasteiger charge is 2.34. The van der Waals surface area contributed by atoms with Crippen molar-refractivity contribution >= 4 is 48.4 Å². The van der Waals surface area contributed by atoms with Crippen molar-refractivity contribution in [2.45, 2.75) is 26.3 Å². The highest BCUT2D eigenvalue weighted by molar-refractivity contribution is 6.60. The number of aryl methyl sites for hydroxylation is 2. The normalized spacial score (nSPS) is 15.9. The number of hydrogen-bond donors (Lipinski definition) is 2. The molecule has 0 spiro atoms. The maximum atomic E-state index is 13.1. The number of pyridine rings is 1. The standard InChI is InChI=1S/C19H21BClN5O2/c1-10-5-4-6-23-17(10)26-14(9-15(20)25-26)19(28)24-16-11(2)7-12(21)8-13(16)18(27)22-3/h4-8,14H,9,20H2,1-3H3,(H,22,27)(H,24,28). The number of anilines is 2. The zero-order valence-corrected chi connectivity index (χ0v) is 17.0. The van der Waals surface area contributed by atoms with Crippen LogP contribution in [0.1, 0.15) is 27.9 Å². The quantitative estimate of drug-likeness (QED) is 0.771. The average Bonchev–Trinajstić information content (AvgIpc) is 3.05. The first kappa shape index (κ1) is 19.9. The molecule has 1 aromatic heterocycles. The molecule has 1 aromatic carbocycles. The van der Waals surface area contributed by atoms with E-state index in [9.17, 15) is 9.59 Å². The van der Waals surface area contributed by atoms with E-state index >= 15 is 0 Å². The number of hydrazone groups is 1. The van der Waals surface area contributed by atoms with Gasteiger partial charge in [-0.3, -0.25) is 9.59 Å². The summed E-state index contributed by atoms with van der Waals surface area (Å²) in [5, 5.41) is 12.1. The number of nitrogens with one attached hydrogen (secondary N) is 2. The van der Waals surface area contributed by atoms with Gasteiger partial charge in [0.15, 0.2) is 13.7 Å². The lowest BCUT2D eigenvalue weighted by Gasteiger charge is -2.24. The third-order valence-electron chi connectivity index (χ3n) is 4.58. The Morgan fingerprint density at radius 1 is 1.29 bits per heavy atom. The summed E-state index contributed by atoms with van der Waals surface area (Å²) in [6.45, 7) is 3.72. The zero-order valence-electron chi connectivity index (χ0n) is 16.2. The number of benzene rings is 1. The van der Waals surface area contributed by atoms with E-state index in [0.29, 0.717) is 34.1 Å². The molecule has 2 N–H and O–H groups in total. The van der Waals surface area contributed by atoms with E-state index in [2.05, 4.69) is 20.7 Å². The molecule has 28 heavy (non-hydrogen) atoms. The molecular formula is C19H21BClN5O2. The molecule has 1 unspecified atom stereocenters. The third-order valence-corrected chi connectivity index (χ3v) is 4.80. The van der Waals surface area contributed by atoms with Gasteiger partial charge in [-0.05, 0) is 48.8 Å². The van der Waals surface area contributed by atoms with Gasteiger partial charge in [0.25, 0.3) is 5.91 Å². The van der Waals surface area contributed by atoms with Crippen molar-refractivity contribution < 1.29 is 9.59 Å². The van der Waals surface area contributed by atoms with E-state index in [-0.39, 0.29) is 11.8 Å². The molecular weight excluding hydrogens is 377 g/mol. The van der Waals surface area contributed by atoms with Crippen molar-refractivity contribution in [1.82, 2.24) is 10.3 Å². The Hall–Kier alpha value is -2.87. The molecule has 144 valence electrons. The van der Waals surface area contributed by atoms with Crippen LogP contribution < -0.4 is 15.6 Å². The van der Waals surface area contributed by atoms with Crippen LogP contribution >= 0.6 is 11.6 Å². The third kappa shape index (κ3) is 3.87. The number of carbonyl (C=O) groups is 2. The lowest BCUT2D eigenvalue weighted by atomic mass is 9.95. The maximum absolute atomic E-state index is 13.1. The lowest BCUT2D eigenvalue weighted by Crippen LogP contribution is -2.40. The monoisotopic (exact) mass is 397 g/mol. The van der Waals surface area contributed by atoms with Gasteiger partial charge < -0.3 is 10.6 Å². The Morgan fingerprint density at radius 2 is 2.04 bits per heavy atom. The molecule has 2 amide bonds.